The first-order valence-electron chi connectivity index (χ1n) is 4.66. The second-order valence-electron chi connectivity index (χ2n) is 3.54. The molecule has 3 nitrogen and oxygen atoms in total. The van der Waals surface area contributed by atoms with Gasteiger partial charge in [-0.1, -0.05) is 0 Å². The zero-order valence-electron chi connectivity index (χ0n) is 8.40. The molecule has 1 N–H and O–H groups in total. The van der Waals surface area contributed by atoms with Crippen LogP contribution in [-0.2, 0) is 0 Å². The van der Waals surface area contributed by atoms with E-state index >= 15 is 0 Å². The number of anilines is 1. The summed E-state index contributed by atoms with van der Waals surface area (Å²) in [5.74, 6) is -0.233. The van der Waals surface area contributed by atoms with E-state index in [0.29, 0.717) is 5.11 Å². The quantitative estimate of drug-likeness (QED) is 0.727. The second-order valence-corrected chi connectivity index (χ2v) is 3.93. The predicted molar refractivity (Wildman–Crippen MR) is 62.1 cm³/mol. The zero-order valence-corrected chi connectivity index (χ0v) is 9.22. The molecule has 1 aliphatic heterocycles. The van der Waals surface area contributed by atoms with Crippen molar-refractivity contribution >= 4 is 23.0 Å². The van der Waals surface area contributed by atoms with Gasteiger partial charge in [0.2, 0.25) is 0 Å². The summed E-state index contributed by atoms with van der Waals surface area (Å²) in [5.41, 5.74) is 0.903. The molecule has 1 fully saturated rings. The van der Waals surface area contributed by atoms with Crippen molar-refractivity contribution < 1.29 is 4.39 Å². The Morgan fingerprint density at radius 2 is 2.00 bits per heavy atom. The highest BCUT2D eigenvalue weighted by atomic mass is 32.1. The van der Waals surface area contributed by atoms with Crippen molar-refractivity contribution in [2.45, 2.75) is 0 Å². The van der Waals surface area contributed by atoms with Gasteiger partial charge < -0.3 is 10.2 Å². The van der Waals surface area contributed by atoms with Crippen LogP contribution in [0.4, 0.5) is 10.1 Å². The first-order valence-corrected chi connectivity index (χ1v) is 5.07. The van der Waals surface area contributed by atoms with Gasteiger partial charge in [0.25, 0.3) is 0 Å². The Morgan fingerprint density at radius 1 is 1.33 bits per heavy atom. The van der Waals surface area contributed by atoms with E-state index in [1.165, 1.54) is 12.1 Å². The monoisotopic (exact) mass is 225 g/mol. The molecule has 1 saturated heterocycles. The summed E-state index contributed by atoms with van der Waals surface area (Å²) in [6.45, 7) is 1.47. The number of nitrogens with one attached hydrogen (secondary N) is 1. The largest absolute Gasteiger partial charge is 0.349 e. The molecule has 15 heavy (non-hydrogen) atoms. The zero-order chi connectivity index (χ0) is 10.8. The standard InChI is InChI=1S/C10H12FN3S/c1-13-6-12-10(15)14(7-13)9-4-2-8(11)3-5-9/h2-5H,6-7H2,1H3,(H,12,15). The summed E-state index contributed by atoms with van der Waals surface area (Å²) in [5, 5.41) is 3.76. The molecule has 0 radical (unpaired) electrons. The minimum atomic E-state index is -0.233. The third-order valence-corrected chi connectivity index (χ3v) is 2.63. The molecule has 0 amide bonds. The average Bonchev–Trinajstić information content (AvgIpc) is 2.23. The molecule has 80 valence electrons. The molecule has 2 rings (SSSR count). The van der Waals surface area contributed by atoms with Gasteiger partial charge in [0, 0.05) is 5.69 Å². The van der Waals surface area contributed by atoms with Crippen LogP contribution in [0.15, 0.2) is 24.3 Å². The first-order chi connectivity index (χ1) is 7.16. The molecule has 0 bridgehead atoms. The van der Waals surface area contributed by atoms with Crippen molar-refractivity contribution in [1.82, 2.24) is 10.2 Å². The first kappa shape index (κ1) is 10.3. The third kappa shape index (κ3) is 2.24. The van der Waals surface area contributed by atoms with Crippen LogP contribution in [0.2, 0.25) is 0 Å². The molecular formula is C10H12FN3S. The number of rotatable bonds is 1. The number of hydrogen-bond acceptors (Lipinski definition) is 2. The Kier molecular flexibility index (Phi) is 2.83. The van der Waals surface area contributed by atoms with E-state index in [-0.39, 0.29) is 5.82 Å². The fourth-order valence-corrected chi connectivity index (χ4v) is 1.70. The van der Waals surface area contributed by atoms with Crippen molar-refractivity contribution in [3.63, 3.8) is 0 Å². The van der Waals surface area contributed by atoms with Gasteiger partial charge in [-0.2, -0.15) is 0 Å². The molecule has 0 unspecified atom stereocenters. The van der Waals surface area contributed by atoms with Gasteiger partial charge in [-0.25, -0.2) is 4.39 Å². The lowest BCUT2D eigenvalue weighted by Crippen LogP contribution is -2.54. The van der Waals surface area contributed by atoms with E-state index in [9.17, 15) is 4.39 Å². The van der Waals surface area contributed by atoms with Gasteiger partial charge in [-0.05, 0) is 43.5 Å². The Balaban J connectivity index is 2.21. The molecule has 1 aliphatic rings. The van der Waals surface area contributed by atoms with E-state index in [0.717, 1.165) is 19.0 Å². The van der Waals surface area contributed by atoms with Crippen LogP contribution >= 0.6 is 12.2 Å². The van der Waals surface area contributed by atoms with Gasteiger partial charge in [0.05, 0.1) is 13.3 Å². The summed E-state index contributed by atoms with van der Waals surface area (Å²) in [4.78, 5) is 4.01. The van der Waals surface area contributed by atoms with Crippen LogP contribution in [-0.4, -0.2) is 30.4 Å². The number of thiocarbonyl (C=S) groups is 1. The van der Waals surface area contributed by atoms with E-state index in [1.54, 1.807) is 12.1 Å². The van der Waals surface area contributed by atoms with Crippen LogP contribution in [0.25, 0.3) is 0 Å². The summed E-state index contributed by atoms with van der Waals surface area (Å²) >= 11 is 5.19. The maximum atomic E-state index is 12.8. The van der Waals surface area contributed by atoms with Crippen molar-refractivity contribution in [2.75, 3.05) is 25.3 Å². The third-order valence-electron chi connectivity index (χ3n) is 2.27. The number of nitrogens with zero attached hydrogens (tertiary/aromatic N) is 2. The highest BCUT2D eigenvalue weighted by molar-refractivity contribution is 7.80. The maximum absolute atomic E-state index is 12.8. The van der Waals surface area contributed by atoms with Gasteiger partial charge in [0.15, 0.2) is 5.11 Å². The highest BCUT2D eigenvalue weighted by Crippen LogP contribution is 2.16. The highest BCUT2D eigenvalue weighted by Gasteiger charge is 2.18. The number of hydrogen-bond donors (Lipinski definition) is 1. The molecular weight excluding hydrogens is 213 g/mol. The second kappa shape index (κ2) is 4.12. The van der Waals surface area contributed by atoms with E-state index in [4.69, 9.17) is 12.2 Å². The Bertz CT molecular complexity index is 365. The summed E-state index contributed by atoms with van der Waals surface area (Å²) in [6, 6.07) is 6.32. The van der Waals surface area contributed by atoms with Crippen molar-refractivity contribution in [3.05, 3.63) is 30.1 Å². The lowest BCUT2D eigenvalue weighted by Gasteiger charge is -2.35. The van der Waals surface area contributed by atoms with Gasteiger partial charge in [-0.15, -0.1) is 0 Å². The van der Waals surface area contributed by atoms with Crippen LogP contribution in [0.1, 0.15) is 0 Å². The summed E-state index contributed by atoms with van der Waals surface area (Å²) < 4.78 is 12.8. The molecule has 0 aromatic heterocycles. The predicted octanol–water partition coefficient (Wildman–Crippen LogP) is 1.37. The topological polar surface area (TPSA) is 18.5 Å². The van der Waals surface area contributed by atoms with Crippen molar-refractivity contribution in [3.8, 4) is 0 Å². The van der Waals surface area contributed by atoms with E-state index in [2.05, 4.69) is 10.2 Å². The van der Waals surface area contributed by atoms with Gasteiger partial charge >= 0.3 is 0 Å². The SMILES string of the molecule is CN1CNC(=S)N(c2ccc(F)cc2)C1. The number of benzene rings is 1. The average molecular weight is 225 g/mol. The van der Waals surface area contributed by atoms with Crippen LogP contribution in [0.5, 0.6) is 0 Å². The lowest BCUT2D eigenvalue weighted by molar-refractivity contribution is 0.319. The normalized spacial score (nSPS) is 17.7. The molecule has 1 aromatic rings. The summed E-state index contributed by atoms with van der Waals surface area (Å²) in [7, 11) is 1.99. The molecule has 1 heterocycles. The lowest BCUT2D eigenvalue weighted by atomic mass is 10.3. The molecule has 5 heteroatoms. The fourth-order valence-electron chi connectivity index (χ4n) is 1.47. The van der Waals surface area contributed by atoms with Crippen LogP contribution in [0, 0.1) is 5.82 Å². The minimum Gasteiger partial charge on any atom is -0.349 e. The molecule has 1 aromatic carbocycles. The maximum Gasteiger partial charge on any atom is 0.175 e. The molecule has 0 aliphatic carbocycles. The van der Waals surface area contributed by atoms with E-state index in [1.807, 2.05) is 11.9 Å². The Morgan fingerprint density at radius 3 is 2.67 bits per heavy atom. The van der Waals surface area contributed by atoms with Crippen molar-refractivity contribution in [1.29, 1.82) is 0 Å². The molecule has 0 saturated carbocycles. The molecule has 0 atom stereocenters. The van der Waals surface area contributed by atoms with Gasteiger partial charge in [0.1, 0.15) is 5.82 Å². The van der Waals surface area contributed by atoms with Crippen molar-refractivity contribution in [2.24, 2.45) is 0 Å². The molecule has 0 spiro atoms. The fraction of sp³-hybridized carbons (Fsp3) is 0.300. The number of halogens is 1. The summed E-state index contributed by atoms with van der Waals surface area (Å²) in [6.07, 6.45) is 0. The Hall–Kier alpha value is -1.20. The van der Waals surface area contributed by atoms with Crippen LogP contribution < -0.4 is 10.2 Å². The van der Waals surface area contributed by atoms with Gasteiger partial charge in [-0.3, -0.25) is 4.90 Å². The Labute approximate surface area is 93.5 Å². The minimum absolute atomic E-state index is 0.233. The smallest absolute Gasteiger partial charge is 0.175 e. The van der Waals surface area contributed by atoms with E-state index < -0.39 is 0 Å². The van der Waals surface area contributed by atoms with Crippen LogP contribution in [0.3, 0.4) is 0 Å².